The molecule has 3 nitrogen and oxygen atoms in total. The number of hydrogen-bond donors (Lipinski definition) is 1. The lowest BCUT2D eigenvalue weighted by Gasteiger charge is -2.02. The quantitative estimate of drug-likeness (QED) is 0.711. The van der Waals surface area contributed by atoms with Gasteiger partial charge in [0.05, 0.1) is 0 Å². The van der Waals surface area contributed by atoms with E-state index in [1.165, 1.54) is 18.5 Å². The van der Waals surface area contributed by atoms with Crippen molar-refractivity contribution < 1.29 is 0 Å². The zero-order valence-electron chi connectivity index (χ0n) is 7.53. The van der Waals surface area contributed by atoms with Gasteiger partial charge in [-0.25, -0.2) is 9.97 Å². The maximum absolute atomic E-state index is 4.23. The molecule has 0 saturated heterocycles. The fraction of sp³-hybridized carbons (Fsp3) is 0.400. The topological polar surface area (TPSA) is 37.8 Å². The molecule has 1 aliphatic rings. The molecule has 1 saturated carbocycles. The maximum atomic E-state index is 4.23. The highest BCUT2D eigenvalue weighted by atomic mass is 15.0. The van der Waals surface area contributed by atoms with Crippen LogP contribution in [0.25, 0.3) is 0 Å². The molecule has 1 aliphatic carbocycles. The van der Waals surface area contributed by atoms with Gasteiger partial charge in [0.15, 0.2) is 0 Å². The third-order valence-electron chi connectivity index (χ3n) is 2.11. The summed E-state index contributed by atoms with van der Waals surface area (Å²) in [5.74, 6) is 1.59. The fourth-order valence-corrected chi connectivity index (χ4v) is 1.25. The summed E-state index contributed by atoms with van der Waals surface area (Å²) in [6, 6.07) is 2.03. The third kappa shape index (κ3) is 2.05. The van der Waals surface area contributed by atoms with Crippen molar-refractivity contribution in [3.8, 4) is 0 Å². The van der Waals surface area contributed by atoms with Gasteiger partial charge in [-0.1, -0.05) is 6.08 Å². The molecule has 1 aromatic heterocycles. The van der Waals surface area contributed by atoms with Gasteiger partial charge in [0.25, 0.3) is 0 Å². The lowest BCUT2D eigenvalue weighted by Crippen LogP contribution is -2.01. The summed E-state index contributed by atoms with van der Waals surface area (Å²) in [5, 5.41) is 3.15. The summed E-state index contributed by atoms with van der Waals surface area (Å²) in [5.41, 5.74) is 1.17. The van der Waals surface area contributed by atoms with Gasteiger partial charge in [0.1, 0.15) is 12.1 Å². The lowest BCUT2D eigenvalue weighted by molar-refractivity contribution is 0.985. The van der Waals surface area contributed by atoms with Gasteiger partial charge in [0.2, 0.25) is 0 Å². The Morgan fingerprint density at radius 1 is 1.54 bits per heavy atom. The van der Waals surface area contributed by atoms with Gasteiger partial charge < -0.3 is 5.32 Å². The summed E-state index contributed by atoms with van der Waals surface area (Å²) in [6.07, 6.45) is 5.99. The van der Waals surface area contributed by atoms with E-state index in [-0.39, 0.29) is 0 Å². The molecule has 0 aliphatic heterocycles. The predicted molar refractivity (Wildman–Crippen MR) is 52.7 cm³/mol. The predicted octanol–water partition coefficient (Wildman–Crippen LogP) is 1.95. The van der Waals surface area contributed by atoms with Gasteiger partial charge in [-0.2, -0.15) is 0 Å². The van der Waals surface area contributed by atoms with Crippen molar-refractivity contribution in [2.75, 3.05) is 11.9 Å². The molecular weight excluding hydrogens is 162 g/mol. The van der Waals surface area contributed by atoms with Crippen LogP contribution in [0.2, 0.25) is 0 Å². The number of rotatable bonds is 4. The highest BCUT2D eigenvalue weighted by Crippen LogP contribution is 2.39. The molecule has 1 N–H and O–H groups in total. The van der Waals surface area contributed by atoms with Crippen LogP contribution in [0, 0.1) is 0 Å². The first kappa shape index (κ1) is 8.23. The lowest BCUT2D eigenvalue weighted by atomic mass is 10.3. The fourth-order valence-electron chi connectivity index (χ4n) is 1.25. The summed E-state index contributed by atoms with van der Waals surface area (Å²) in [4.78, 5) is 8.35. The Hall–Kier alpha value is -1.38. The van der Waals surface area contributed by atoms with Gasteiger partial charge in [-0.15, -0.1) is 6.58 Å². The van der Waals surface area contributed by atoms with E-state index in [2.05, 4.69) is 21.9 Å². The summed E-state index contributed by atoms with van der Waals surface area (Å²) < 4.78 is 0. The van der Waals surface area contributed by atoms with E-state index >= 15 is 0 Å². The van der Waals surface area contributed by atoms with Crippen molar-refractivity contribution >= 4 is 5.82 Å². The van der Waals surface area contributed by atoms with Crippen LogP contribution in [0.1, 0.15) is 24.5 Å². The molecule has 68 valence electrons. The molecule has 3 heteroatoms. The second-order valence-corrected chi connectivity index (χ2v) is 3.27. The number of hydrogen-bond acceptors (Lipinski definition) is 3. The molecule has 0 aromatic carbocycles. The van der Waals surface area contributed by atoms with Crippen LogP contribution >= 0.6 is 0 Å². The van der Waals surface area contributed by atoms with Crippen LogP contribution in [0.4, 0.5) is 5.82 Å². The summed E-state index contributed by atoms with van der Waals surface area (Å²) in [6.45, 7) is 4.39. The molecule has 1 fully saturated rings. The molecule has 0 atom stereocenters. The molecule has 0 bridgehead atoms. The molecule has 13 heavy (non-hydrogen) atoms. The smallest absolute Gasteiger partial charge is 0.129 e. The first-order valence-electron chi connectivity index (χ1n) is 4.57. The average Bonchev–Trinajstić information content (AvgIpc) is 2.98. The van der Waals surface area contributed by atoms with Crippen molar-refractivity contribution in [1.29, 1.82) is 0 Å². The van der Waals surface area contributed by atoms with Crippen molar-refractivity contribution in [1.82, 2.24) is 9.97 Å². The maximum Gasteiger partial charge on any atom is 0.129 e. The SMILES string of the molecule is C=CCNc1cc(C2CC2)ncn1. The van der Waals surface area contributed by atoms with Crippen LogP contribution in [0.3, 0.4) is 0 Å². The summed E-state index contributed by atoms with van der Waals surface area (Å²) >= 11 is 0. The molecule has 0 unspecified atom stereocenters. The second kappa shape index (κ2) is 3.56. The average molecular weight is 175 g/mol. The number of nitrogens with one attached hydrogen (secondary N) is 1. The Bertz CT molecular complexity index is 305. The molecule has 0 radical (unpaired) electrons. The Morgan fingerprint density at radius 3 is 3.08 bits per heavy atom. The van der Waals surface area contributed by atoms with Gasteiger partial charge in [-0.05, 0) is 12.8 Å². The Balaban J connectivity index is 2.07. The van der Waals surface area contributed by atoms with Crippen molar-refractivity contribution in [3.05, 3.63) is 30.7 Å². The van der Waals surface area contributed by atoms with E-state index in [0.717, 1.165) is 12.4 Å². The van der Waals surface area contributed by atoms with Crippen molar-refractivity contribution in [2.45, 2.75) is 18.8 Å². The van der Waals surface area contributed by atoms with Gasteiger partial charge >= 0.3 is 0 Å². The van der Waals surface area contributed by atoms with E-state index in [9.17, 15) is 0 Å². The van der Waals surface area contributed by atoms with Crippen LogP contribution in [0.5, 0.6) is 0 Å². The van der Waals surface area contributed by atoms with Crippen LogP contribution in [-0.2, 0) is 0 Å². The zero-order valence-corrected chi connectivity index (χ0v) is 7.53. The molecule has 0 amide bonds. The van der Waals surface area contributed by atoms with Gasteiger partial charge in [0, 0.05) is 24.2 Å². The molecular formula is C10H13N3. The van der Waals surface area contributed by atoms with Gasteiger partial charge in [-0.3, -0.25) is 0 Å². The van der Waals surface area contributed by atoms with E-state index in [0.29, 0.717) is 5.92 Å². The highest BCUT2D eigenvalue weighted by Gasteiger charge is 2.24. The number of nitrogens with zero attached hydrogens (tertiary/aromatic N) is 2. The molecule has 1 aromatic rings. The Labute approximate surface area is 77.9 Å². The first-order chi connectivity index (χ1) is 6.40. The van der Waals surface area contributed by atoms with Crippen LogP contribution < -0.4 is 5.32 Å². The first-order valence-corrected chi connectivity index (χ1v) is 4.57. The minimum absolute atomic E-state index is 0.687. The van der Waals surface area contributed by atoms with Crippen molar-refractivity contribution in [2.24, 2.45) is 0 Å². The number of aromatic nitrogens is 2. The normalized spacial score (nSPS) is 15.4. The van der Waals surface area contributed by atoms with Crippen molar-refractivity contribution in [3.63, 3.8) is 0 Å². The van der Waals surface area contributed by atoms with E-state index in [1.54, 1.807) is 6.33 Å². The number of anilines is 1. The Morgan fingerprint density at radius 2 is 2.38 bits per heavy atom. The monoisotopic (exact) mass is 175 g/mol. The van der Waals surface area contributed by atoms with E-state index < -0.39 is 0 Å². The molecule has 1 heterocycles. The minimum Gasteiger partial charge on any atom is -0.367 e. The van der Waals surface area contributed by atoms with Crippen LogP contribution in [0.15, 0.2) is 25.0 Å². The second-order valence-electron chi connectivity index (χ2n) is 3.27. The highest BCUT2D eigenvalue weighted by molar-refractivity contribution is 5.37. The minimum atomic E-state index is 0.687. The standard InChI is InChI=1S/C10H13N3/c1-2-5-11-10-6-9(8-3-4-8)12-7-13-10/h2,6-8H,1,3-5H2,(H,11,12,13). The third-order valence-corrected chi connectivity index (χ3v) is 2.11. The zero-order chi connectivity index (χ0) is 9.10. The van der Waals surface area contributed by atoms with E-state index in [1.807, 2.05) is 12.1 Å². The summed E-state index contributed by atoms with van der Waals surface area (Å²) in [7, 11) is 0. The molecule has 2 rings (SSSR count). The molecule has 0 spiro atoms. The largest absolute Gasteiger partial charge is 0.367 e. The Kier molecular flexibility index (Phi) is 2.25. The van der Waals surface area contributed by atoms with E-state index in [4.69, 9.17) is 0 Å². The van der Waals surface area contributed by atoms with Crippen LogP contribution in [-0.4, -0.2) is 16.5 Å².